The van der Waals surface area contributed by atoms with Gasteiger partial charge >= 0.3 is 0 Å². The van der Waals surface area contributed by atoms with Crippen molar-refractivity contribution in [3.8, 4) is 11.1 Å². The van der Waals surface area contributed by atoms with Crippen LogP contribution in [-0.2, 0) is 0 Å². The number of hydrogen-bond donors (Lipinski definition) is 0. The third-order valence-corrected chi connectivity index (χ3v) is 4.20. The van der Waals surface area contributed by atoms with Crippen LogP contribution < -0.4 is 0 Å². The average Bonchev–Trinajstić information content (AvgIpc) is 2.53. The molecule has 0 atom stereocenters. The molecule has 0 amide bonds. The van der Waals surface area contributed by atoms with E-state index in [0.717, 1.165) is 15.5 Å². The van der Waals surface area contributed by atoms with Gasteiger partial charge in [-0.3, -0.25) is 0 Å². The second-order valence-corrected chi connectivity index (χ2v) is 5.95. The van der Waals surface area contributed by atoms with Gasteiger partial charge in [-0.05, 0) is 29.8 Å². The predicted octanol–water partition coefficient (Wildman–Crippen LogP) is 5.82. The van der Waals surface area contributed by atoms with Crippen LogP contribution in [0.15, 0.2) is 77.3 Å². The van der Waals surface area contributed by atoms with Gasteiger partial charge < -0.3 is 0 Å². The van der Waals surface area contributed by atoms with Crippen molar-refractivity contribution in [2.75, 3.05) is 0 Å². The number of hydrogen-bond acceptors (Lipinski definition) is 1. The summed E-state index contributed by atoms with van der Waals surface area (Å²) in [5, 5.41) is 2.36. The van der Waals surface area contributed by atoms with E-state index >= 15 is 0 Å². The number of pyridine rings is 1. The number of para-hydroxylation sites is 1. The molecule has 1 heterocycles. The first-order chi connectivity index (χ1) is 10.3. The molecule has 2 heteroatoms. The molecule has 0 bridgehead atoms. The Morgan fingerprint density at radius 3 is 2.24 bits per heavy atom. The monoisotopic (exact) mass is 333 g/mol. The van der Waals surface area contributed by atoms with Gasteiger partial charge in [0.05, 0.1) is 11.0 Å². The van der Waals surface area contributed by atoms with E-state index in [1.807, 2.05) is 18.2 Å². The first-order valence-corrected chi connectivity index (χ1v) is 7.66. The lowest BCUT2D eigenvalue weighted by molar-refractivity contribution is 1.49. The second-order valence-electron chi connectivity index (χ2n) is 5.03. The summed E-state index contributed by atoms with van der Waals surface area (Å²) in [5.74, 6) is 0. The number of halogens is 1. The smallest absolute Gasteiger partial charge is 0.0716 e. The number of nitrogens with zero attached hydrogens (tertiary/aromatic N) is 1. The molecule has 1 aromatic heterocycles. The molecule has 0 aliphatic rings. The Morgan fingerprint density at radius 1 is 0.667 bits per heavy atom. The molecule has 3 aromatic carbocycles. The van der Waals surface area contributed by atoms with E-state index in [2.05, 4.69) is 70.5 Å². The van der Waals surface area contributed by atoms with E-state index in [0.29, 0.717) is 0 Å². The number of rotatable bonds is 1. The van der Waals surface area contributed by atoms with Crippen molar-refractivity contribution >= 4 is 37.7 Å². The van der Waals surface area contributed by atoms with Crippen LogP contribution in [-0.4, -0.2) is 4.98 Å². The van der Waals surface area contributed by atoms with Crippen molar-refractivity contribution in [3.05, 3.63) is 77.3 Å². The van der Waals surface area contributed by atoms with Crippen LogP contribution in [0.5, 0.6) is 0 Å². The molecule has 0 unspecified atom stereocenters. The van der Waals surface area contributed by atoms with Crippen molar-refractivity contribution in [3.63, 3.8) is 0 Å². The summed E-state index contributed by atoms with van der Waals surface area (Å²) in [6.07, 6.45) is 0. The molecule has 4 aromatic rings. The van der Waals surface area contributed by atoms with Crippen LogP contribution in [0.25, 0.3) is 32.9 Å². The van der Waals surface area contributed by atoms with E-state index in [1.54, 1.807) is 0 Å². The lowest BCUT2D eigenvalue weighted by Gasteiger charge is -2.11. The highest BCUT2D eigenvalue weighted by molar-refractivity contribution is 9.10. The zero-order valence-corrected chi connectivity index (χ0v) is 12.8. The van der Waals surface area contributed by atoms with Crippen molar-refractivity contribution in [1.82, 2.24) is 4.98 Å². The summed E-state index contributed by atoms with van der Waals surface area (Å²) in [6, 6.07) is 25.1. The van der Waals surface area contributed by atoms with Crippen LogP contribution in [0, 0.1) is 0 Å². The van der Waals surface area contributed by atoms with Gasteiger partial charge in [-0.15, -0.1) is 0 Å². The largest absolute Gasteiger partial charge is 0.248 e. The maximum atomic E-state index is 4.78. The summed E-state index contributed by atoms with van der Waals surface area (Å²) in [6.45, 7) is 0. The molecule has 0 aliphatic heterocycles. The molecule has 100 valence electrons. The van der Waals surface area contributed by atoms with Gasteiger partial charge in [-0.2, -0.15) is 0 Å². The quantitative estimate of drug-likeness (QED) is 0.400. The van der Waals surface area contributed by atoms with Crippen LogP contribution >= 0.6 is 15.9 Å². The van der Waals surface area contributed by atoms with Gasteiger partial charge in [-0.1, -0.05) is 64.5 Å². The maximum absolute atomic E-state index is 4.78. The minimum absolute atomic E-state index is 1.02. The Morgan fingerprint density at radius 2 is 1.38 bits per heavy atom. The molecule has 0 N–H and O–H groups in total. The van der Waals surface area contributed by atoms with E-state index in [-0.39, 0.29) is 0 Å². The Kier molecular flexibility index (Phi) is 2.97. The molecule has 0 spiro atoms. The summed E-state index contributed by atoms with van der Waals surface area (Å²) < 4.78 is 1.07. The summed E-state index contributed by atoms with van der Waals surface area (Å²) in [4.78, 5) is 4.78. The zero-order chi connectivity index (χ0) is 14.2. The van der Waals surface area contributed by atoms with Gasteiger partial charge in [0.2, 0.25) is 0 Å². The number of benzene rings is 3. The molecular weight excluding hydrogens is 322 g/mol. The second kappa shape index (κ2) is 4.97. The molecule has 1 nitrogen and oxygen atoms in total. The van der Waals surface area contributed by atoms with Gasteiger partial charge in [0.15, 0.2) is 0 Å². The zero-order valence-electron chi connectivity index (χ0n) is 11.3. The Balaban J connectivity index is 2.24. The van der Waals surface area contributed by atoms with Crippen molar-refractivity contribution in [1.29, 1.82) is 0 Å². The SMILES string of the molecule is Brc1ccc2nc3ccccc3c(-c3ccccc3)c2c1. The topological polar surface area (TPSA) is 12.9 Å². The summed E-state index contributed by atoms with van der Waals surface area (Å²) in [7, 11) is 0. The predicted molar refractivity (Wildman–Crippen MR) is 92.4 cm³/mol. The minimum Gasteiger partial charge on any atom is -0.248 e. The molecule has 0 fully saturated rings. The highest BCUT2D eigenvalue weighted by Crippen LogP contribution is 2.35. The van der Waals surface area contributed by atoms with E-state index in [1.165, 1.54) is 21.9 Å². The van der Waals surface area contributed by atoms with Crippen molar-refractivity contribution in [2.45, 2.75) is 0 Å². The molecular formula is C19H12BrN. The lowest BCUT2D eigenvalue weighted by atomic mass is 9.96. The minimum atomic E-state index is 1.02. The standard InChI is InChI=1S/C19H12BrN/c20-14-10-11-18-16(12-14)19(13-6-2-1-3-7-13)15-8-4-5-9-17(15)21-18/h1-12H. The van der Waals surface area contributed by atoms with Crippen molar-refractivity contribution < 1.29 is 0 Å². The molecule has 0 aliphatic carbocycles. The Bertz CT molecular complexity index is 945. The normalized spacial score (nSPS) is 11.1. The lowest BCUT2D eigenvalue weighted by Crippen LogP contribution is -1.89. The molecule has 0 saturated heterocycles. The van der Waals surface area contributed by atoms with Crippen LogP contribution in [0.1, 0.15) is 0 Å². The molecule has 0 saturated carbocycles. The highest BCUT2D eigenvalue weighted by atomic mass is 79.9. The van der Waals surface area contributed by atoms with Crippen LogP contribution in [0.4, 0.5) is 0 Å². The van der Waals surface area contributed by atoms with Crippen LogP contribution in [0.3, 0.4) is 0 Å². The number of fused-ring (bicyclic) bond motifs is 2. The number of aromatic nitrogens is 1. The fourth-order valence-electron chi connectivity index (χ4n) is 2.78. The average molecular weight is 334 g/mol. The molecule has 21 heavy (non-hydrogen) atoms. The van der Waals surface area contributed by atoms with E-state index in [9.17, 15) is 0 Å². The van der Waals surface area contributed by atoms with Crippen LogP contribution in [0.2, 0.25) is 0 Å². The third kappa shape index (κ3) is 2.12. The first kappa shape index (κ1) is 12.5. The highest BCUT2D eigenvalue weighted by Gasteiger charge is 2.10. The summed E-state index contributed by atoms with van der Waals surface area (Å²) >= 11 is 3.58. The Labute approximate surface area is 131 Å². The molecule has 0 radical (unpaired) electrons. The third-order valence-electron chi connectivity index (χ3n) is 3.70. The van der Waals surface area contributed by atoms with Gasteiger partial charge in [0.25, 0.3) is 0 Å². The fraction of sp³-hybridized carbons (Fsp3) is 0. The Hall–Kier alpha value is -2.19. The van der Waals surface area contributed by atoms with E-state index in [4.69, 9.17) is 4.98 Å². The van der Waals surface area contributed by atoms with Gasteiger partial charge in [0, 0.05) is 20.8 Å². The summed E-state index contributed by atoms with van der Waals surface area (Å²) in [5.41, 5.74) is 4.53. The van der Waals surface area contributed by atoms with Gasteiger partial charge in [-0.25, -0.2) is 4.98 Å². The van der Waals surface area contributed by atoms with E-state index < -0.39 is 0 Å². The first-order valence-electron chi connectivity index (χ1n) is 6.86. The van der Waals surface area contributed by atoms with Crippen molar-refractivity contribution in [2.24, 2.45) is 0 Å². The molecule has 4 rings (SSSR count). The van der Waals surface area contributed by atoms with Gasteiger partial charge in [0.1, 0.15) is 0 Å². The maximum Gasteiger partial charge on any atom is 0.0716 e. The fourth-order valence-corrected chi connectivity index (χ4v) is 3.14.